The van der Waals surface area contributed by atoms with Crippen LogP contribution in [0.1, 0.15) is 29.0 Å². The van der Waals surface area contributed by atoms with Crippen LogP contribution in [0.25, 0.3) is 11.1 Å². The minimum atomic E-state index is -1.48. The van der Waals surface area contributed by atoms with Crippen molar-refractivity contribution in [3.05, 3.63) is 95.6 Å². The van der Waals surface area contributed by atoms with Crippen molar-refractivity contribution in [3.63, 3.8) is 0 Å². The number of aliphatic carboxylic acids is 1. The normalized spacial score (nSPS) is 19.1. The molecule has 1 fully saturated rings. The van der Waals surface area contributed by atoms with Crippen LogP contribution >= 0.6 is 0 Å². The number of benzene rings is 3. The zero-order chi connectivity index (χ0) is 27.4. The van der Waals surface area contributed by atoms with Gasteiger partial charge in [0.25, 0.3) is 0 Å². The molecule has 2 atom stereocenters. The number of fused-ring (bicyclic) bond motifs is 3. The maximum Gasteiger partial charge on any atom is 0.408 e. The van der Waals surface area contributed by atoms with Gasteiger partial charge in [-0.3, -0.25) is 9.69 Å². The molecule has 9 heteroatoms. The highest BCUT2D eigenvalue weighted by molar-refractivity contribution is 5.93. The van der Waals surface area contributed by atoms with Gasteiger partial charge in [0.15, 0.2) is 0 Å². The summed E-state index contributed by atoms with van der Waals surface area (Å²) in [5, 5.41) is 23.9. The number of amides is 2. The smallest absolute Gasteiger partial charge is 0.408 e. The average molecular weight is 530 g/mol. The number of rotatable bonds is 9. The number of hydrogen-bond donors (Lipinski definition) is 4. The Kier molecular flexibility index (Phi) is 7.63. The highest BCUT2D eigenvalue weighted by Crippen LogP contribution is 2.44. The molecule has 0 bridgehead atoms. The van der Waals surface area contributed by atoms with E-state index in [0.717, 1.165) is 27.8 Å². The molecule has 1 aliphatic heterocycles. The zero-order valence-electron chi connectivity index (χ0n) is 21.4. The Morgan fingerprint density at radius 1 is 0.949 bits per heavy atom. The highest BCUT2D eigenvalue weighted by atomic mass is 16.5. The van der Waals surface area contributed by atoms with Crippen LogP contribution in [0.3, 0.4) is 0 Å². The molecule has 2 amide bonds. The maximum atomic E-state index is 13.4. The van der Waals surface area contributed by atoms with Crippen LogP contribution in [-0.2, 0) is 20.9 Å². The van der Waals surface area contributed by atoms with Gasteiger partial charge in [0.05, 0.1) is 6.61 Å². The van der Waals surface area contributed by atoms with E-state index in [9.17, 15) is 24.6 Å². The minimum Gasteiger partial charge on any atom is -0.480 e. The molecule has 1 heterocycles. The first-order chi connectivity index (χ1) is 18.9. The van der Waals surface area contributed by atoms with Crippen LogP contribution in [0.15, 0.2) is 78.9 Å². The lowest BCUT2D eigenvalue weighted by Gasteiger charge is -2.30. The summed E-state index contributed by atoms with van der Waals surface area (Å²) < 4.78 is 5.69. The van der Waals surface area contributed by atoms with Crippen molar-refractivity contribution in [2.75, 3.05) is 26.3 Å². The predicted molar refractivity (Wildman–Crippen MR) is 144 cm³/mol. The van der Waals surface area contributed by atoms with Crippen LogP contribution in [0.4, 0.5) is 4.79 Å². The van der Waals surface area contributed by atoms with Gasteiger partial charge in [-0.05, 0) is 34.2 Å². The van der Waals surface area contributed by atoms with Gasteiger partial charge in [0.1, 0.15) is 18.2 Å². The van der Waals surface area contributed by atoms with Crippen molar-refractivity contribution in [3.8, 4) is 11.1 Å². The molecule has 0 spiro atoms. The fraction of sp³-hybridized carbons (Fsp3) is 0.300. The molecule has 0 radical (unpaired) electrons. The van der Waals surface area contributed by atoms with Crippen molar-refractivity contribution >= 4 is 18.0 Å². The van der Waals surface area contributed by atoms with Gasteiger partial charge in [0, 0.05) is 25.6 Å². The number of likely N-dealkylation sites (tertiary alicyclic amines) is 1. The molecule has 9 nitrogen and oxygen atoms in total. The molecule has 1 aliphatic carbocycles. The van der Waals surface area contributed by atoms with E-state index < -0.39 is 36.2 Å². The van der Waals surface area contributed by atoms with Crippen molar-refractivity contribution in [2.45, 2.75) is 30.5 Å². The van der Waals surface area contributed by atoms with Gasteiger partial charge < -0.3 is 25.6 Å². The predicted octanol–water partition coefficient (Wildman–Crippen LogP) is 2.73. The molecule has 5 rings (SSSR count). The molecular weight excluding hydrogens is 498 g/mol. The van der Waals surface area contributed by atoms with Crippen molar-refractivity contribution in [1.82, 2.24) is 15.5 Å². The number of alkyl carbamates (subject to hydrolysis) is 1. The van der Waals surface area contributed by atoms with Gasteiger partial charge in [-0.1, -0.05) is 78.9 Å². The van der Waals surface area contributed by atoms with E-state index in [1.807, 2.05) is 83.8 Å². The fourth-order valence-electron chi connectivity index (χ4n) is 5.52. The number of aliphatic hydroxyl groups excluding tert-OH is 1. The van der Waals surface area contributed by atoms with Crippen molar-refractivity contribution in [1.29, 1.82) is 0 Å². The Labute approximate surface area is 226 Å². The average Bonchev–Trinajstić information content (AvgIpc) is 3.50. The molecule has 1 unspecified atom stereocenters. The summed E-state index contributed by atoms with van der Waals surface area (Å²) in [7, 11) is 0. The second-order valence-corrected chi connectivity index (χ2v) is 10.0. The number of hydrogen-bond acceptors (Lipinski definition) is 6. The Bertz CT molecular complexity index is 1320. The first kappa shape index (κ1) is 26.4. The lowest BCUT2D eigenvalue weighted by Crippen LogP contribution is -2.63. The monoisotopic (exact) mass is 529 g/mol. The van der Waals surface area contributed by atoms with Gasteiger partial charge in [0.2, 0.25) is 5.91 Å². The second-order valence-electron chi connectivity index (χ2n) is 10.0. The summed E-state index contributed by atoms with van der Waals surface area (Å²) in [6, 6.07) is 24.3. The SMILES string of the molecule is O=C(NC1(C(=O)N[C@H](CO)C(=O)O)CCN(Cc2ccccc2)C1)OCC1c2ccccc2-c2ccccc21. The highest BCUT2D eigenvalue weighted by Gasteiger charge is 2.47. The number of nitrogens with one attached hydrogen (secondary N) is 2. The number of carbonyl (C=O) groups excluding carboxylic acids is 2. The van der Waals surface area contributed by atoms with Crippen LogP contribution in [0.5, 0.6) is 0 Å². The molecule has 3 aromatic rings. The molecule has 202 valence electrons. The lowest BCUT2D eigenvalue weighted by atomic mass is 9.96. The van der Waals surface area contributed by atoms with Crippen LogP contribution in [0.2, 0.25) is 0 Å². The Hall–Kier alpha value is -4.21. The number of carboxylic acids is 1. The third-order valence-corrected chi connectivity index (χ3v) is 7.50. The third kappa shape index (κ3) is 5.50. The van der Waals surface area contributed by atoms with Crippen LogP contribution < -0.4 is 10.6 Å². The van der Waals surface area contributed by atoms with Gasteiger partial charge >= 0.3 is 12.1 Å². The van der Waals surface area contributed by atoms with E-state index in [1.165, 1.54) is 0 Å². The first-order valence-corrected chi connectivity index (χ1v) is 12.9. The Balaban J connectivity index is 1.31. The van der Waals surface area contributed by atoms with E-state index in [1.54, 1.807) is 0 Å². The van der Waals surface area contributed by atoms with Gasteiger partial charge in [-0.15, -0.1) is 0 Å². The standard InChI is InChI=1S/C30H31N3O6/c34-17-26(27(35)36)31-28(37)30(14-15-33(19-30)16-20-8-2-1-3-9-20)32-29(38)39-18-25-23-12-6-4-10-21(23)22-11-5-7-13-24(22)25/h1-13,25-26,34H,14-19H2,(H,31,37)(H,32,38)(H,35,36)/t26-,30?/m1/s1. The third-order valence-electron chi connectivity index (χ3n) is 7.50. The summed E-state index contributed by atoms with van der Waals surface area (Å²) in [6.07, 6.45) is -0.502. The quantitative estimate of drug-likeness (QED) is 0.336. The molecule has 0 saturated carbocycles. The maximum absolute atomic E-state index is 13.4. The zero-order valence-corrected chi connectivity index (χ0v) is 21.4. The fourth-order valence-corrected chi connectivity index (χ4v) is 5.52. The van der Waals surface area contributed by atoms with E-state index in [2.05, 4.69) is 10.6 Å². The molecule has 2 aliphatic rings. The largest absolute Gasteiger partial charge is 0.480 e. The van der Waals surface area contributed by atoms with E-state index >= 15 is 0 Å². The van der Waals surface area contributed by atoms with E-state index in [4.69, 9.17) is 4.74 Å². The summed E-state index contributed by atoms with van der Waals surface area (Å²) >= 11 is 0. The van der Waals surface area contributed by atoms with E-state index in [-0.39, 0.29) is 25.5 Å². The minimum absolute atomic E-state index is 0.0830. The Morgan fingerprint density at radius 2 is 1.56 bits per heavy atom. The molecule has 1 saturated heterocycles. The van der Waals surface area contributed by atoms with Crippen molar-refractivity contribution in [2.24, 2.45) is 0 Å². The van der Waals surface area contributed by atoms with Crippen molar-refractivity contribution < 1.29 is 29.3 Å². The van der Waals surface area contributed by atoms with E-state index in [0.29, 0.717) is 13.1 Å². The van der Waals surface area contributed by atoms with Gasteiger partial charge in [-0.2, -0.15) is 0 Å². The van der Waals surface area contributed by atoms with Crippen LogP contribution in [-0.4, -0.2) is 71.0 Å². The number of nitrogens with zero attached hydrogens (tertiary/aromatic N) is 1. The van der Waals surface area contributed by atoms with Crippen LogP contribution in [0, 0.1) is 0 Å². The molecule has 0 aromatic heterocycles. The molecular formula is C30H31N3O6. The topological polar surface area (TPSA) is 128 Å². The molecule has 3 aromatic carbocycles. The number of carbonyl (C=O) groups is 3. The lowest BCUT2D eigenvalue weighted by molar-refractivity contribution is -0.144. The van der Waals surface area contributed by atoms with Gasteiger partial charge in [-0.25, -0.2) is 9.59 Å². The molecule has 39 heavy (non-hydrogen) atoms. The summed E-state index contributed by atoms with van der Waals surface area (Å²) in [5.41, 5.74) is 3.99. The summed E-state index contributed by atoms with van der Waals surface area (Å²) in [6.45, 7) is 0.540. The Morgan fingerprint density at radius 3 is 2.18 bits per heavy atom. The summed E-state index contributed by atoms with van der Waals surface area (Å²) in [4.78, 5) is 40.0. The second kappa shape index (κ2) is 11.3. The summed E-state index contributed by atoms with van der Waals surface area (Å²) in [5.74, 6) is -2.17. The number of ether oxygens (including phenoxy) is 1. The molecule has 4 N–H and O–H groups in total. The first-order valence-electron chi connectivity index (χ1n) is 12.9. The number of aliphatic hydroxyl groups is 1. The number of carboxylic acid groups (broad SMARTS) is 1.